The summed E-state index contributed by atoms with van der Waals surface area (Å²) in [6.07, 6.45) is -2.97. The molecule has 0 amide bonds. The minimum atomic E-state index is -4.31. The average Bonchev–Trinajstić information content (AvgIpc) is 2.96. The van der Waals surface area contributed by atoms with Gasteiger partial charge in [-0.2, -0.15) is 13.2 Å². The van der Waals surface area contributed by atoms with Gasteiger partial charge in [0.15, 0.2) is 0 Å². The van der Waals surface area contributed by atoms with Crippen LogP contribution in [0.1, 0.15) is 5.69 Å². The molecule has 0 radical (unpaired) electrons. The van der Waals surface area contributed by atoms with Gasteiger partial charge in [0, 0.05) is 13.1 Å². The predicted octanol–water partition coefficient (Wildman–Crippen LogP) is 2.76. The standard InChI is InChI=1S/C12H13F3N2O2S/c13-12(14,15)8-17(3-4-18)6-9-7-19-11(16-9)10-2-1-5-20-10/h1-2,5,7,18H,3-4,6,8H2. The first-order valence-corrected chi connectivity index (χ1v) is 6.74. The number of aliphatic hydroxyl groups excluding tert-OH is 1. The SMILES string of the molecule is OCCN(Cc1coc(-c2cccs2)n1)CC(F)(F)F. The van der Waals surface area contributed by atoms with Gasteiger partial charge in [0.25, 0.3) is 0 Å². The Bertz CT molecular complexity index is 525. The van der Waals surface area contributed by atoms with Crippen molar-refractivity contribution < 1.29 is 22.7 Å². The lowest BCUT2D eigenvalue weighted by atomic mass is 10.4. The molecule has 4 nitrogen and oxygen atoms in total. The minimum Gasteiger partial charge on any atom is -0.444 e. The first-order chi connectivity index (χ1) is 9.48. The van der Waals surface area contributed by atoms with Crippen molar-refractivity contribution in [2.45, 2.75) is 12.7 Å². The molecule has 0 saturated carbocycles. The largest absolute Gasteiger partial charge is 0.444 e. The fraction of sp³-hybridized carbons (Fsp3) is 0.417. The van der Waals surface area contributed by atoms with Gasteiger partial charge in [0.1, 0.15) is 6.26 Å². The Morgan fingerprint density at radius 1 is 1.40 bits per heavy atom. The summed E-state index contributed by atoms with van der Waals surface area (Å²) in [6.45, 7) is -1.52. The lowest BCUT2D eigenvalue weighted by Gasteiger charge is -2.21. The lowest BCUT2D eigenvalue weighted by molar-refractivity contribution is -0.148. The van der Waals surface area contributed by atoms with E-state index >= 15 is 0 Å². The highest BCUT2D eigenvalue weighted by Crippen LogP contribution is 2.24. The molecule has 2 rings (SSSR count). The third kappa shape index (κ3) is 4.32. The van der Waals surface area contributed by atoms with Crippen LogP contribution in [0, 0.1) is 0 Å². The van der Waals surface area contributed by atoms with E-state index in [4.69, 9.17) is 9.52 Å². The third-order valence-corrected chi connectivity index (χ3v) is 3.35. The van der Waals surface area contributed by atoms with Crippen LogP contribution >= 0.6 is 11.3 Å². The van der Waals surface area contributed by atoms with Crippen molar-refractivity contribution in [1.29, 1.82) is 0 Å². The number of rotatable bonds is 6. The molecule has 0 bridgehead atoms. The molecule has 2 aromatic rings. The van der Waals surface area contributed by atoms with Crippen molar-refractivity contribution in [1.82, 2.24) is 9.88 Å². The van der Waals surface area contributed by atoms with E-state index in [2.05, 4.69) is 4.98 Å². The van der Waals surface area contributed by atoms with Crippen LogP contribution in [0.3, 0.4) is 0 Å². The average molecular weight is 306 g/mol. The zero-order valence-corrected chi connectivity index (χ0v) is 11.2. The summed E-state index contributed by atoms with van der Waals surface area (Å²) < 4.78 is 42.4. The zero-order valence-electron chi connectivity index (χ0n) is 10.4. The van der Waals surface area contributed by atoms with E-state index in [1.807, 2.05) is 17.5 Å². The van der Waals surface area contributed by atoms with Crippen LogP contribution in [0.2, 0.25) is 0 Å². The number of alkyl halides is 3. The fourth-order valence-corrected chi connectivity index (χ4v) is 2.39. The molecule has 0 saturated heterocycles. The van der Waals surface area contributed by atoms with E-state index < -0.39 is 12.7 Å². The van der Waals surface area contributed by atoms with Gasteiger partial charge >= 0.3 is 6.18 Å². The second-order valence-electron chi connectivity index (χ2n) is 4.17. The summed E-state index contributed by atoms with van der Waals surface area (Å²) in [5.41, 5.74) is 0.408. The number of nitrogens with zero attached hydrogens (tertiary/aromatic N) is 2. The maximum atomic E-state index is 12.4. The third-order valence-electron chi connectivity index (χ3n) is 2.49. The smallest absolute Gasteiger partial charge is 0.401 e. The van der Waals surface area contributed by atoms with Crippen LogP contribution in [-0.4, -0.2) is 40.9 Å². The van der Waals surface area contributed by atoms with E-state index in [0.29, 0.717) is 11.6 Å². The van der Waals surface area contributed by atoms with Gasteiger partial charge in [-0.25, -0.2) is 4.98 Å². The van der Waals surface area contributed by atoms with Gasteiger partial charge in [-0.1, -0.05) is 6.07 Å². The van der Waals surface area contributed by atoms with E-state index in [1.54, 1.807) is 0 Å². The molecular formula is C12H13F3N2O2S. The van der Waals surface area contributed by atoms with Gasteiger partial charge in [-0.15, -0.1) is 11.3 Å². The molecule has 110 valence electrons. The predicted molar refractivity (Wildman–Crippen MR) is 68.2 cm³/mol. The first-order valence-electron chi connectivity index (χ1n) is 5.86. The monoisotopic (exact) mass is 306 g/mol. The summed E-state index contributed by atoms with van der Waals surface area (Å²) in [5.74, 6) is 0.394. The lowest BCUT2D eigenvalue weighted by Crippen LogP contribution is -2.35. The molecule has 8 heteroatoms. The number of aromatic nitrogens is 1. The Labute approximate surface area is 117 Å². The van der Waals surface area contributed by atoms with E-state index in [0.717, 1.165) is 9.78 Å². The Balaban J connectivity index is 2.03. The second kappa shape index (κ2) is 6.38. The second-order valence-corrected chi connectivity index (χ2v) is 5.12. The molecule has 1 N–H and O–H groups in total. The van der Waals surface area contributed by atoms with Crippen molar-refractivity contribution in [2.24, 2.45) is 0 Å². The molecule has 0 aliphatic heterocycles. The van der Waals surface area contributed by atoms with E-state index in [1.165, 1.54) is 17.6 Å². The summed E-state index contributed by atoms with van der Waals surface area (Å²) in [5, 5.41) is 10.7. The normalized spacial score (nSPS) is 12.2. The number of aliphatic hydroxyl groups is 1. The molecule has 2 aromatic heterocycles. The number of oxazole rings is 1. The molecule has 0 spiro atoms. The molecule has 0 aliphatic rings. The van der Waals surface area contributed by atoms with Gasteiger partial charge < -0.3 is 9.52 Å². The quantitative estimate of drug-likeness (QED) is 0.891. The summed E-state index contributed by atoms with van der Waals surface area (Å²) >= 11 is 1.44. The zero-order chi connectivity index (χ0) is 14.6. The molecular weight excluding hydrogens is 293 g/mol. The maximum absolute atomic E-state index is 12.4. The van der Waals surface area contributed by atoms with Crippen molar-refractivity contribution in [3.8, 4) is 10.8 Å². The molecule has 20 heavy (non-hydrogen) atoms. The summed E-state index contributed by atoms with van der Waals surface area (Å²) in [4.78, 5) is 6.06. The van der Waals surface area contributed by atoms with E-state index in [-0.39, 0.29) is 19.7 Å². The number of hydrogen-bond donors (Lipinski definition) is 1. The first kappa shape index (κ1) is 15.0. The molecule has 0 aliphatic carbocycles. The highest BCUT2D eigenvalue weighted by Gasteiger charge is 2.30. The molecule has 0 atom stereocenters. The Morgan fingerprint density at radius 2 is 2.20 bits per heavy atom. The summed E-state index contributed by atoms with van der Waals surface area (Å²) in [6, 6.07) is 3.66. The van der Waals surface area contributed by atoms with Crippen LogP contribution in [0.5, 0.6) is 0 Å². The maximum Gasteiger partial charge on any atom is 0.401 e. The van der Waals surface area contributed by atoms with Crippen LogP contribution < -0.4 is 0 Å². The van der Waals surface area contributed by atoms with Crippen molar-refractivity contribution in [3.05, 3.63) is 29.5 Å². The van der Waals surface area contributed by atoms with Crippen molar-refractivity contribution in [3.63, 3.8) is 0 Å². The van der Waals surface area contributed by atoms with Crippen LogP contribution in [0.25, 0.3) is 10.8 Å². The Hall–Kier alpha value is -1.38. The highest BCUT2D eigenvalue weighted by molar-refractivity contribution is 7.13. The van der Waals surface area contributed by atoms with Crippen molar-refractivity contribution >= 4 is 11.3 Å². The van der Waals surface area contributed by atoms with Gasteiger partial charge in [-0.05, 0) is 11.4 Å². The topological polar surface area (TPSA) is 49.5 Å². The number of thiophene rings is 1. The minimum absolute atomic E-state index is 0.0189. The molecule has 0 aromatic carbocycles. The number of halogens is 3. The van der Waals surface area contributed by atoms with Crippen LogP contribution in [0.4, 0.5) is 13.2 Å². The molecule has 0 fully saturated rings. The molecule has 0 unspecified atom stereocenters. The highest BCUT2D eigenvalue weighted by atomic mass is 32.1. The van der Waals surface area contributed by atoms with Crippen LogP contribution in [0.15, 0.2) is 28.2 Å². The molecule has 2 heterocycles. The van der Waals surface area contributed by atoms with Gasteiger partial charge in [0.05, 0.1) is 23.7 Å². The van der Waals surface area contributed by atoms with Crippen molar-refractivity contribution in [2.75, 3.05) is 19.7 Å². The van der Waals surface area contributed by atoms with Gasteiger partial charge in [-0.3, -0.25) is 4.90 Å². The summed E-state index contributed by atoms with van der Waals surface area (Å²) in [7, 11) is 0. The van der Waals surface area contributed by atoms with E-state index in [9.17, 15) is 13.2 Å². The Morgan fingerprint density at radius 3 is 2.80 bits per heavy atom. The number of hydrogen-bond acceptors (Lipinski definition) is 5. The van der Waals surface area contributed by atoms with Gasteiger partial charge in [0.2, 0.25) is 5.89 Å². The van der Waals surface area contributed by atoms with Crippen LogP contribution in [-0.2, 0) is 6.54 Å². The fourth-order valence-electron chi connectivity index (χ4n) is 1.73. The Kier molecular flexibility index (Phi) is 4.79.